The Morgan fingerprint density at radius 1 is 1.33 bits per heavy atom. The lowest BCUT2D eigenvalue weighted by atomic mass is 10.2. The molecule has 2 atom stereocenters. The molecule has 0 amide bonds. The summed E-state index contributed by atoms with van der Waals surface area (Å²) in [6.07, 6.45) is 1.16. The Morgan fingerprint density at radius 3 is 2.75 bits per heavy atom. The van der Waals surface area contributed by atoms with Crippen LogP contribution in [0.1, 0.15) is 25.8 Å². The monoisotopic (exact) mass is 331 g/mol. The van der Waals surface area contributed by atoms with Crippen LogP contribution in [0.2, 0.25) is 0 Å². The largest absolute Gasteiger partial charge is 0.355 e. The van der Waals surface area contributed by atoms with Crippen molar-refractivity contribution in [3.63, 3.8) is 0 Å². The Balaban J connectivity index is 1.78. The fourth-order valence-corrected chi connectivity index (χ4v) is 3.15. The smallest absolute Gasteiger partial charge is 0.191 e. The number of aliphatic imine (C=N–C) groups is 1. The zero-order valence-electron chi connectivity index (χ0n) is 15.6. The van der Waals surface area contributed by atoms with Crippen molar-refractivity contribution in [1.29, 1.82) is 0 Å². The molecule has 0 saturated carbocycles. The topological polar surface area (TPSA) is 42.9 Å². The molecule has 134 valence electrons. The normalized spacial score (nSPS) is 22.1. The third-order valence-corrected chi connectivity index (χ3v) is 4.82. The van der Waals surface area contributed by atoms with Crippen molar-refractivity contribution in [2.75, 3.05) is 40.3 Å². The molecule has 5 heteroatoms. The molecule has 24 heavy (non-hydrogen) atoms. The van der Waals surface area contributed by atoms with Gasteiger partial charge in [-0.05, 0) is 32.5 Å². The fraction of sp³-hybridized carbons (Fsp3) is 0.632. The second-order valence-corrected chi connectivity index (χ2v) is 6.74. The Morgan fingerprint density at radius 2 is 2.08 bits per heavy atom. The minimum absolute atomic E-state index is 0.457. The Kier molecular flexibility index (Phi) is 7.53. The highest BCUT2D eigenvalue weighted by Crippen LogP contribution is 2.20. The minimum atomic E-state index is 0.457. The lowest BCUT2D eigenvalue weighted by molar-refractivity contribution is 0.258. The average Bonchev–Trinajstić information content (AvgIpc) is 2.93. The molecule has 1 aliphatic heterocycles. The van der Waals surface area contributed by atoms with Gasteiger partial charge in [-0.25, -0.2) is 0 Å². The molecule has 1 aromatic rings. The molecule has 1 saturated heterocycles. The fourth-order valence-electron chi connectivity index (χ4n) is 3.15. The Bertz CT molecular complexity index is 502. The molecular weight excluding hydrogens is 298 g/mol. The first kappa shape index (κ1) is 18.7. The van der Waals surface area contributed by atoms with Crippen LogP contribution in [-0.2, 0) is 6.54 Å². The van der Waals surface area contributed by atoms with Crippen molar-refractivity contribution in [2.24, 2.45) is 4.99 Å². The molecule has 0 aliphatic carbocycles. The summed E-state index contributed by atoms with van der Waals surface area (Å²) >= 11 is 0. The molecular formula is C19H33N5. The highest BCUT2D eigenvalue weighted by Gasteiger charge is 2.29. The molecule has 0 aromatic heterocycles. The summed E-state index contributed by atoms with van der Waals surface area (Å²) in [5.41, 5.74) is 1.38. The molecule has 1 heterocycles. The predicted molar refractivity (Wildman–Crippen MR) is 102 cm³/mol. The van der Waals surface area contributed by atoms with Crippen LogP contribution in [0.15, 0.2) is 35.3 Å². The summed E-state index contributed by atoms with van der Waals surface area (Å²) < 4.78 is 0. The number of hydrogen-bond acceptors (Lipinski definition) is 3. The van der Waals surface area contributed by atoms with E-state index in [-0.39, 0.29) is 0 Å². The van der Waals surface area contributed by atoms with Gasteiger partial charge in [0.15, 0.2) is 5.96 Å². The van der Waals surface area contributed by atoms with E-state index in [0.717, 1.165) is 45.1 Å². The molecule has 2 unspecified atom stereocenters. The number of likely N-dealkylation sites (tertiary alicyclic amines) is 1. The maximum absolute atomic E-state index is 4.37. The van der Waals surface area contributed by atoms with Crippen molar-refractivity contribution in [1.82, 2.24) is 20.4 Å². The van der Waals surface area contributed by atoms with E-state index in [1.165, 1.54) is 5.56 Å². The molecule has 1 aliphatic rings. The van der Waals surface area contributed by atoms with Crippen LogP contribution in [0, 0.1) is 0 Å². The van der Waals surface area contributed by atoms with Crippen LogP contribution in [0.3, 0.4) is 0 Å². The third kappa shape index (κ3) is 5.80. The van der Waals surface area contributed by atoms with Crippen molar-refractivity contribution in [3.05, 3.63) is 35.9 Å². The van der Waals surface area contributed by atoms with Crippen LogP contribution in [-0.4, -0.2) is 68.1 Å². The van der Waals surface area contributed by atoms with E-state index in [9.17, 15) is 0 Å². The molecule has 5 nitrogen and oxygen atoms in total. The van der Waals surface area contributed by atoms with Crippen LogP contribution >= 0.6 is 0 Å². The van der Waals surface area contributed by atoms with Gasteiger partial charge in [-0.2, -0.15) is 0 Å². The molecule has 0 bridgehead atoms. The number of nitrogens with zero attached hydrogens (tertiary/aromatic N) is 3. The summed E-state index contributed by atoms with van der Waals surface area (Å²) in [6.45, 7) is 9.59. The van der Waals surface area contributed by atoms with E-state index in [1.807, 2.05) is 7.05 Å². The van der Waals surface area contributed by atoms with Crippen LogP contribution in [0.5, 0.6) is 0 Å². The summed E-state index contributed by atoms with van der Waals surface area (Å²) in [5, 5.41) is 7.00. The summed E-state index contributed by atoms with van der Waals surface area (Å²) in [6, 6.07) is 11.8. The van der Waals surface area contributed by atoms with Gasteiger partial charge in [0, 0.05) is 45.3 Å². The highest BCUT2D eigenvalue weighted by molar-refractivity contribution is 5.80. The van der Waals surface area contributed by atoms with E-state index in [0.29, 0.717) is 12.1 Å². The maximum atomic E-state index is 4.37. The number of likely N-dealkylation sites (N-methyl/N-ethyl adjacent to an activating group) is 1. The highest BCUT2D eigenvalue weighted by atomic mass is 15.3. The van der Waals surface area contributed by atoms with Gasteiger partial charge in [0.1, 0.15) is 0 Å². The SMILES string of the molecule is CCN(C)CCNC(=NC)NC1CC(C)N(Cc2ccccc2)C1. The van der Waals surface area contributed by atoms with Gasteiger partial charge in [-0.15, -0.1) is 0 Å². The number of hydrogen-bond donors (Lipinski definition) is 2. The number of rotatable bonds is 7. The van der Waals surface area contributed by atoms with Gasteiger partial charge in [-0.1, -0.05) is 37.3 Å². The van der Waals surface area contributed by atoms with Gasteiger partial charge in [0.2, 0.25) is 0 Å². The van der Waals surface area contributed by atoms with Gasteiger partial charge < -0.3 is 15.5 Å². The van der Waals surface area contributed by atoms with Crippen LogP contribution in [0.4, 0.5) is 0 Å². The molecule has 0 spiro atoms. The van der Waals surface area contributed by atoms with E-state index in [4.69, 9.17) is 0 Å². The van der Waals surface area contributed by atoms with Crippen molar-refractivity contribution < 1.29 is 0 Å². The van der Waals surface area contributed by atoms with Crippen LogP contribution < -0.4 is 10.6 Å². The van der Waals surface area contributed by atoms with Crippen LogP contribution in [0.25, 0.3) is 0 Å². The predicted octanol–water partition coefficient (Wildman–Crippen LogP) is 1.77. The first-order valence-electron chi connectivity index (χ1n) is 9.06. The van der Waals surface area contributed by atoms with E-state index >= 15 is 0 Å². The zero-order chi connectivity index (χ0) is 17.4. The summed E-state index contributed by atoms with van der Waals surface area (Å²) in [7, 11) is 3.98. The van der Waals surface area contributed by atoms with Gasteiger partial charge in [0.05, 0.1) is 0 Å². The molecule has 2 rings (SSSR count). The standard InChI is InChI=1S/C19H33N5/c1-5-23(4)12-11-21-19(20-3)22-18-13-16(2)24(15-18)14-17-9-7-6-8-10-17/h6-10,16,18H,5,11-15H2,1-4H3,(H2,20,21,22). The Labute approximate surface area is 147 Å². The molecule has 1 fully saturated rings. The van der Waals surface area contributed by atoms with Crippen molar-refractivity contribution in [2.45, 2.75) is 38.9 Å². The molecule has 2 N–H and O–H groups in total. The molecule has 1 aromatic carbocycles. The molecule has 0 radical (unpaired) electrons. The summed E-state index contributed by atoms with van der Waals surface area (Å²) in [5.74, 6) is 0.915. The first-order chi connectivity index (χ1) is 11.6. The second-order valence-electron chi connectivity index (χ2n) is 6.74. The summed E-state index contributed by atoms with van der Waals surface area (Å²) in [4.78, 5) is 9.20. The lowest BCUT2D eigenvalue weighted by Crippen LogP contribution is -2.46. The Hall–Kier alpha value is -1.59. The van der Waals surface area contributed by atoms with E-state index in [1.54, 1.807) is 0 Å². The zero-order valence-corrected chi connectivity index (χ0v) is 15.6. The van der Waals surface area contributed by atoms with Gasteiger partial charge in [-0.3, -0.25) is 9.89 Å². The number of benzene rings is 1. The quantitative estimate of drug-likeness (QED) is 0.590. The minimum Gasteiger partial charge on any atom is -0.355 e. The average molecular weight is 332 g/mol. The number of nitrogens with one attached hydrogen (secondary N) is 2. The third-order valence-electron chi connectivity index (χ3n) is 4.82. The first-order valence-corrected chi connectivity index (χ1v) is 9.06. The lowest BCUT2D eigenvalue weighted by Gasteiger charge is -2.21. The second kappa shape index (κ2) is 9.64. The van der Waals surface area contributed by atoms with E-state index in [2.05, 4.69) is 76.7 Å². The van der Waals surface area contributed by atoms with E-state index < -0.39 is 0 Å². The number of guanidine groups is 1. The maximum Gasteiger partial charge on any atom is 0.191 e. The van der Waals surface area contributed by atoms with Gasteiger partial charge >= 0.3 is 0 Å². The van der Waals surface area contributed by atoms with Crippen molar-refractivity contribution >= 4 is 5.96 Å². The van der Waals surface area contributed by atoms with Crippen molar-refractivity contribution in [3.8, 4) is 0 Å². The van der Waals surface area contributed by atoms with Gasteiger partial charge in [0.25, 0.3) is 0 Å².